The van der Waals surface area contributed by atoms with Crippen molar-refractivity contribution in [3.05, 3.63) is 36.4 Å². The molecule has 0 unspecified atom stereocenters. The summed E-state index contributed by atoms with van der Waals surface area (Å²) in [5, 5.41) is 1.20. The van der Waals surface area contributed by atoms with Gasteiger partial charge in [-0.1, -0.05) is 31.2 Å². The summed E-state index contributed by atoms with van der Waals surface area (Å²) in [4.78, 5) is 24.0. The summed E-state index contributed by atoms with van der Waals surface area (Å²) in [5.41, 5.74) is -0.642. The molecule has 0 aliphatic heterocycles. The summed E-state index contributed by atoms with van der Waals surface area (Å²) < 4.78 is 51.8. The monoisotopic (exact) mass is 412 g/mol. The number of benzene rings is 2. The van der Waals surface area contributed by atoms with Gasteiger partial charge in [0, 0.05) is 10.8 Å². The zero-order chi connectivity index (χ0) is 21.7. The summed E-state index contributed by atoms with van der Waals surface area (Å²) in [6.45, 7) is 4.18. The van der Waals surface area contributed by atoms with Gasteiger partial charge in [-0.2, -0.15) is 13.2 Å². The van der Waals surface area contributed by atoms with E-state index < -0.39 is 37.2 Å². The van der Waals surface area contributed by atoms with Crippen LogP contribution in [0.4, 0.5) is 13.2 Å². The number of esters is 2. The smallest absolute Gasteiger partial charge is 0.392 e. The molecule has 0 aliphatic rings. The fraction of sp³-hybridized carbons (Fsp3) is 0.429. The molecule has 0 aromatic heterocycles. The first-order valence-electron chi connectivity index (χ1n) is 9.12. The summed E-state index contributed by atoms with van der Waals surface area (Å²) >= 11 is 0. The Bertz CT molecular complexity index is 874. The molecule has 0 atom stereocenters. The van der Waals surface area contributed by atoms with Gasteiger partial charge < -0.3 is 14.2 Å². The van der Waals surface area contributed by atoms with Crippen molar-refractivity contribution in [1.82, 2.24) is 0 Å². The number of carbonyl (C=O) groups excluding carboxylic acids is 2. The van der Waals surface area contributed by atoms with Crippen LogP contribution in [0.25, 0.3) is 10.8 Å². The molecule has 0 saturated heterocycles. The molecule has 29 heavy (non-hydrogen) atoms. The number of alkyl halides is 3. The average Bonchev–Trinajstić information content (AvgIpc) is 2.65. The van der Waals surface area contributed by atoms with Gasteiger partial charge in [0.15, 0.2) is 6.61 Å². The number of hydrogen-bond acceptors (Lipinski definition) is 5. The number of rotatable bonds is 8. The summed E-state index contributed by atoms with van der Waals surface area (Å²) in [7, 11) is 0. The second-order valence-electron chi connectivity index (χ2n) is 7.11. The van der Waals surface area contributed by atoms with Crippen molar-refractivity contribution in [2.45, 2.75) is 39.8 Å². The van der Waals surface area contributed by atoms with E-state index in [4.69, 9.17) is 9.47 Å². The van der Waals surface area contributed by atoms with Gasteiger partial charge in [-0.3, -0.25) is 4.79 Å². The molecule has 0 heterocycles. The van der Waals surface area contributed by atoms with E-state index in [0.29, 0.717) is 28.7 Å². The maximum atomic E-state index is 12.4. The van der Waals surface area contributed by atoms with E-state index in [1.807, 2.05) is 6.92 Å². The first kappa shape index (κ1) is 22.5. The molecule has 2 aromatic rings. The minimum atomic E-state index is -4.39. The molecule has 5 nitrogen and oxygen atoms in total. The second-order valence-corrected chi connectivity index (χ2v) is 7.11. The van der Waals surface area contributed by atoms with Crippen LogP contribution in [-0.4, -0.2) is 31.3 Å². The SMILES string of the molecule is CCC(C)(C)C(=O)Oc1cccc2c(OCC(=O)OCCC(F)(F)F)cccc12. The Kier molecular flexibility index (Phi) is 7.11. The van der Waals surface area contributed by atoms with Crippen molar-refractivity contribution in [3.8, 4) is 11.5 Å². The lowest BCUT2D eigenvalue weighted by Gasteiger charge is -2.21. The Morgan fingerprint density at radius 1 is 0.966 bits per heavy atom. The third-order valence-electron chi connectivity index (χ3n) is 4.48. The van der Waals surface area contributed by atoms with E-state index in [2.05, 4.69) is 4.74 Å². The Hall–Kier alpha value is -2.77. The third kappa shape index (κ3) is 6.37. The van der Waals surface area contributed by atoms with Gasteiger partial charge in [-0.15, -0.1) is 0 Å². The molecule has 2 rings (SSSR count). The summed E-state index contributed by atoms with van der Waals surface area (Å²) in [6, 6.07) is 10.1. The van der Waals surface area contributed by atoms with Gasteiger partial charge in [0.25, 0.3) is 0 Å². The lowest BCUT2D eigenvalue weighted by molar-refractivity contribution is -0.160. The molecule has 0 fully saturated rings. The van der Waals surface area contributed by atoms with Gasteiger partial charge in [-0.05, 0) is 32.4 Å². The minimum Gasteiger partial charge on any atom is -0.481 e. The van der Waals surface area contributed by atoms with Crippen molar-refractivity contribution >= 4 is 22.7 Å². The van der Waals surface area contributed by atoms with Crippen molar-refractivity contribution < 1.29 is 37.0 Å². The van der Waals surface area contributed by atoms with Crippen LogP contribution in [0.2, 0.25) is 0 Å². The highest BCUT2D eigenvalue weighted by atomic mass is 19.4. The van der Waals surface area contributed by atoms with Crippen molar-refractivity contribution in [3.63, 3.8) is 0 Å². The predicted molar refractivity (Wildman–Crippen MR) is 101 cm³/mol. The van der Waals surface area contributed by atoms with E-state index in [1.165, 1.54) is 0 Å². The zero-order valence-electron chi connectivity index (χ0n) is 16.5. The molecule has 0 radical (unpaired) electrons. The topological polar surface area (TPSA) is 61.8 Å². The molecular formula is C21H23F3O5. The average molecular weight is 412 g/mol. The van der Waals surface area contributed by atoms with Gasteiger partial charge in [0.1, 0.15) is 18.1 Å². The van der Waals surface area contributed by atoms with Crippen molar-refractivity contribution in [2.75, 3.05) is 13.2 Å². The molecule has 0 bridgehead atoms. The highest BCUT2D eigenvalue weighted by Crippen LogP contribution is 2.34. The fourth-order valence-electron chi connectivity index (χ4n) is 2.31. The van der Waals surface area contributed by atoms with Crippen LogP contribution in [-0.2, 0) is 14.3 Å². The van der Waals surface area contributed by atoms with Crippen LogP contribution in [0.15, 0.2) is 36.4 Å². The highest BCUT2D eigenvalue weighted by molar-refractivity contribution is 5.95. The molecule has 8 heteroatoms. The molecule has 158 valence electrons. The zero-order valence-corrected chi connectivity index (χ0v) is 16.5. The van der Waals surface area contributed by atoms with Crippen LogP contribution in [0.5, 0.6) is 11.5 Å². The molecule has 0 spiro atoms. The number of carbonyl (C=O) groups is 2. The second kappa shape index (κ2) is 9.15. The van der Waals surface area contributed by atoms with Gasteiger partial charge in [-0.25, -0.2) is 4.79 Å². The molecule has 0 saturated carbocycles. The largest absolute Gasteiger partial charge is 0.481 e. The van der Waals surface area contributed by atoms with Crippen LogP contribution in [0, 0.1) is 5.41 Å². The third-order valence-corrected chi connectivity index (χ3v) is 4.48. The van der Waals surface area contributed by atoms with Crippen molar-refractivity contribution in [1.29, 1.82) is 0 Å². The van der Waals surface area contributed by atoms with Gasteiger partial charge in [0.05, 0.1) is 11.8 Å². The molecule has 2 aromatic carbocycles. The van der Waals surface area contributed by atoms with Gasteiger partial charge in [0.2, 0.25) is 0 Å². The molecular weight excluding hydrogens is 389 g/mol. The summed E-state index contributed by atoms with van der Waals surface area (Å²) in [5.74, 6) is -0.597. The van der Waals surface area contributed by atoms with E-state index in [1.54, 1.807) is 50.2 Å². The van der Waals surface area contributed by atoms with E-state index in [-0.39, 0.29) is 5.97 Å². The first-order valence-corrected chi connectivity index (χ1v) is 9.12. The van der Waals surface area contributed by atoms with E-state index in [9.17, 15) is 22.8 Å². The predicted octanol–water partition coefficient (Wildman–Crippen LogP) is 5.06. The van der Waals surface area contributed by atoms with E-state index in [0.717, 1.165) is 0 Å². The summed E-state index contributed by atoms with van der Waals surface area (Å²) in [6.07, 6.45) is -4.99. The Morgan fingerprint density at radius 2 is 1.55 bits per heavy atom. The fourth-order valence-corrected chi connectivity index (χ4v) is 2.31. The standard InChI is InChI=1S/C21H23F3O5/c1-4-20(2,3)19(26)29-17-10-6-7-14-15(17)8-5-9-16(14)28-13-18(25)27-12-11-21(22,23)24/h5-10H,4,11-13H2,1-3H3. The van der Waals surface area contributed by atoms with Crippen LogP contribution >= 0.6 is 0 Å². The lowest BCUT2D eigenvalue weighted by atomic mass is 9.90. The number of hydrogen-bond donors (Lipinski definition) is 0. The molecule has 0 N–H and O–H groups in total. The quantitative estimate of drug-likeness (QED) is 0.448. The van der Waals surface area contributed by atoms with Gasteiger partial charge >= 0.3 is 18.1 Å². The highest BCUT2D eigenvalue weighted by Gasteiger charge is 2.28. The number of ether oxygens (including phenoxy) is 3. The Balaban J connectivity index is 2.10. The minimum absolute atomic E-state index is 0.322. The number of halogens is 3. The number of fused-ring (bicyclic) bond motifs is 1. The Labute approximate surface area is 166 Å². The lowest BCUT2D eigenvalue weighted by Crippen LogP contribution is -2.28. The maximum Gasteiger partial charge on any atom is 0.392 e. The van der Waals surface area contributed by atoms with Crippen LogP contribution < -0.4 is 9.47 Å². The van der Waals surface area contributed by atoms with Crippen LogP contribution in [0.3, 0.4) is 0 Å². The normalized spacial score (nSPS) is 11.9. The van der Waals surface area contributed by atoms with Crippen LogP contribution in [0.1, 0.15) is 33.6 Å². The Morgan fingerprint density at radius 3 is 2.14 bits per heavy atom. The molecule has 0 amide bonds. The molecule has 0 aliphatic carbocycles. The van der Waals surface area contributed by atoms with Crippen molar-refractivity contribution in [2.24, 2.45) is 5.41 Å². The van der Waals surface area contributed by atoms with E-state index >= 15 is 0 Å². The maximum absolute atomic E-state index is 12.4. The first-order chi connectivity index (χ1) is 13.5.